The number of nitrogens with zero attached hydrogens (tertiary/aromatic N) is 5. The number of hydrogen-bond donors (Lipinski definition) is 0. The molecule has 3 heterocycles. The van der Waals surface area contributed by atoms with Crippen molar-refractivity contribution in [3.8, 4) is 11.5 Å². The van der Waals surface area contributed by atoms with E-state index in [-0.39, 0.29) is 6.61 Å². The third-order valence-corrected chi connectivity index (χ3v) is 4.73. The number of carbonyl (C=O) groups excluding carboxylic acids is 1. The molecule has 0 aliphatic heterocycles. The quantitative estimate of drug-likeness (QED) is 0.489. The monoisotopic (exact) mass is 391 g/mol. The van der Waals surface area contributed by atoms with Crippen LogP contribution < -0.4 is 5.56 Å². The van der Waals surface area contributed by atoms with Gasteiger partial charge in [0, 0.05) is 12.4 Å². The number of esters is 1. The Labute approximate surface area is 166 Å². The molecular weight excluding hydrogens is 370 g/mol. The molecule has 1 aromatic carbocycles. The Balaban J connectivity index is 2.05. The number of para-hydroxylation sites is 1. The first-order valence-electron chi connectivity index (χ1n) is 9.40. The molecule has 4 rings (SSSR count). The number of hydrogen-bond acceptors (Lipinski definition) is 5. The maximum atomic E-state index is 13.4. The van der Waals surface area contributed by atoms with Gasteiger partial charge in [0.2, 0.25) is 0 Å². The van der Waals surface area contributed by atoms with Crippen molar-refractivity contribution < 1.29 is 9.53 Å². The molecule has 0 saturated heterocycles. The van der Waals surface area contributed by atoms with Gasteiger partial charge < -0.3 is 9.30 Å². The van der Waals surface area contributed by atoms with Gasteiger partial charge in [-0.05, 0) is 45.0 Å². The minimum Gasteiger partial charge on any atom is -0.464 e. The number of aryl methyl sites for hydroxylation is 1. The number of ether oxygens (including phenoxy) is 1. The highest BCUT2D eigenvalue weighted by Crippen LogP contribution is 2.25. The van der Waals surface area contributed by atoms with Crippen molar-refractivity contribution in [1.82, 2.24) is 24.1 Å². The zero-order valence-corrected chi connectivity index (χ0v) is 16.4. The van der Waals surface area contributed by atoms with Gasteiger partial charge in [0.15, 0.2) is 11.9 Å². The minimum absolute atomic E-state index is 0.236. The second-order valence-corrected chi connectivity index (χ2v) is 6.65. The minimum atomic E-state index is -0.844. The number of carbonyl (C=O) groups is 1. The Morgan fingerprint density at radius 1 is 1.10 bits per heavy atom. The lowest BCUT2D eigenvalue weighted by Crippen LogP contribution is -2.32. The summed E-state index contributed by atoms with van der Waals surface area (Å²) in [6, 6.07) is 12.5. The van der Waals surface area contributed by atoms with E-state index in [0.29, 0.717) is 22.4 Å². The van der Waals surface area contributed by atoms with E-state index in [1.54, 1.807) is 25.5 Å². The van der Waals surface area contributed by atoms with E-state index >= 15 is 0 Å². The Hall–Kier alpha value is -3.68. The summed E-state index contributed by atoms with van der Waals surface area (Å²) in [4.78, 5) is 25.7. The van der Waals surface area contributed by atoms with Crippen molar-refractivity contribution in [2.45, 2.75) is 26.8 Å². The van der Waals surface area contributed by atoms with E-state index < -0.39 is 17.6 Å². The van der Waals surface area contributed by atoms with Crippen LogP contribution in [-0.2, 0) is 9.53 Å². The Bertz CT molecular complexity index is 1220. The maximum Gasteiger partial charge on any atom is 0.330 e. The van der Waals surface area contributed by atoms with Crippen molar-refractivity contribution in [2.75, 3.05) is 6.61 Å². The SMILES string of the molecule is CCOC(=O)[C@@H](C)n1nc(C)c2nn(-c3ccccc3)c(-n3cccc3)c2c1=O. The Morgan fingerprint density at radius 2 is 1.79 bits per heavy atom. The van der Waals surface area contributed by atoms with E-state index in [2.05, 4.69) is 10.2 Å². The summed E-state index contributed by atoms with van der Waals surface area (Å²) in [5.41, 5.74) is 1.47. The first-order valence-corrected chi connectivity index (χ1v) is 9.40. The van der Waals surface area contributed by atoms with Crippen LogP contribution >= 0.6 is 0 Å². The molecule has 0 fully saturated rings. The molecule has 0 aliphatic rings. The van der Waals surface area contributed by atoms with Gasteiger partial charge >= 0.3 is 5.97 Å². The lowest BCUT2D eigenvalue weighted by molar-refractivity contribution is -0.147. The number of aromatic nitrogens is 5. The van der Waals surface area contributed by atoms with Crippen LogP contribution in [0, 0.1) is 6.92 Å². The van der Waals surface area contributed by atoms with Crippen LogP contribution in [0.1, 0.15) is 25.6 Å². The molecule has 0 spiro atoms. The predicted molar refractivity (Wildman–Crippen MR) is 109 cm³/mol. The van der Waals surface area contributed by atoms with Crippen molar-refractivity contribution in [1.29, 1.82) is 0 Å². The predicted octanol–water partition coefficient (Wildman–Crippen LogP) is 2.81. The molecule has 4 aromatic rings. The maximum absolute atomic E-state index is 13.4. The van der Waals surface area contributed by atoms with Crippen LogP contribution in [0.5, 0.6) is 0 Å². The number of rotatable bonds is 5. The molecule has 0 N–H and O–H groups in total. The van der Waals surface area contributed by atoms with Crippen LogP contribution in [0.25, 0.3) is 22.4 Å². The summed E-state index contributed by atoms with van der Waals surface area (Å²) in [7, 11) is 0. The largest absolute Gasteiger partial charge is 0.464 e. The molecule has 8 nitrogen and oxygen atoms in total. The molecule has 8 heteroatoms. The van der Waals surface area contributed by atoms with Gasteiger partial charge in [-0.3, -0.25) is 4.79 Å². The topological polar surface area (TPSA) is 83.9 Å². The fraction of sp³-hybridized carbons (Fsp3) is 0.238. The van der Waals surface area contributed by atoms with Crippen molar-refractivity contribution in [3.05, 3.63) is 70.9 Å². The molecule has 0 radical (unpaired) electrons. The highest BCUT2D eigenvalue weighted by molar-refractivity contribution is 5.88. The summed E-state index contributed by atoms with van der Waals surface area (Å²) in [6.45, 7) is 5.34. The van der Waals surface area contributed by atoms with E-state index in [9.17, 15) is 9.59 Å². The molecule has 148 valence electrons. The van der Waals surface area contributed by atoms with Gasteiger partial charge in [-0.25, -0.2) is 14.2 Å². The zero-order chi connectivity index (χ0) is 20.5. The van der Waals surface area contributed by atoms with E-state index in [4.69, 9.17) is 4.74 Å². The summed E-state index contributed by atoms with van der Waals surface area (Å²) in [6.07, 6.45) is 3.70. The van der Waals surface area contributed by atoms with Crippen LogP contribution in [0.2, 0.25) is 0 Å². The molecule has 0 saturated carbocycles. The average Bonchev–Trinajstić information content (AvgIpc) is 3.38. The molecule has 29 heavy (non-hydrogen) atoms. The average molecular weight is 391 g/mol. The lowest BCUT2D eigenvalue weighted by atomic mass is 10.2. The molecule has 0 bridgehead atoms. The summed E-state index contributed by atoms with van der Waals surface area (Å²) >= 11 is 0. The van der Waals surface area contributed by atoms with E-state index in [1.807, 2.05) is 59.4 Å². The smallest absolute Gasteiger partial charge is 0.330 e. The Kier molecular flexibility index (Phi) is 4.75. The second-order valence-electron chi connectivity index (χ2n) is 6.65. The summed E-state index contributed by atoms with van der Waals surface area (Å²) < 4.78 is 9.82. The second kappa shape index (κ2) is 7.38. The van der Waals surface area contributed by atoms with Crippen molar-refractivity contribution in [2.24, 2.45) is 0 Å². The first-order chi connectivity index (χ1) is 14.0. The first kappa shape index (κ1) is 18.7. The molecular formula is C21H21N5O3. The van der Waals surface area contributed by atoms with Gasteiger partial charge in [-0.2, -0.15) is 10.2 Å². The number of benzene rings is 1. The van der Waals surface area contributed by atoms with Crippen LogP contribution in [0.3, 0.4) is 0 Å². The molecule has 3 aromatic heterocycles. The fourth-order valence-corrected chi connectivity index (χ4v) is 3.32. The van der Waals surface area contributed by atoms with Gasteiger partial charge in [0.05, 0.1) is 18.0 Å². The normalized spacial score (nSPS) is 12.2. The highest BCUT2D eigenvalue weighted by atomic mass is 16.5. The molecule has 0 unspecified atom stereocenters. The van der Waals surface area contributed by atoms with Gasteiger partial charge in [0.1, 0.15) is 10.9 Å². The molecule has 0 aliphatic carbocycles. The standard InChI is InChI=1S/C21H21N5O3/c1-4-29-21(28)15(3)25-20(27)17-18(14(2)22-25)23-26(16-10-6-5-7-11-16)19(17)24-12-8-9-13-24/h5-13,15H,4H2,1-3H3/t15-/m1/s1. The van der Waals surface area contributed by atoms with Crippen LogP contribution in [-0.4, -0.2) is 36.7 Å². The third kappa shape index (κ3) is 3.12. The van der Waals surface area contributed by atoms with E-state index in [0.717, 1.165) is 5.69 Å². The van der Waals surface area contributed by atoms with Crippen LogP contribution in [0.15, 0.2) is 59.7 Å². The zero-order valence-electron chi connectivity index (χ0n) is 16.4. The third-order valence-electron chi connectivity index (χ3n) is 4.73. The lowest BCUT2D eigenvalue weighted by Gasteiger charge is -2.13. The van der Waals surface area contributed by atoms with E-state index in [1.165, 1.54) is 4.68 Å². The highest BCUT2D eigenvalue weighted by Gasteiger charge is 2.25. The Morgan fingerprint density at radius 3 is 2.45 bits per heavy atom. The number of fused-ring (bicyclic) bond motifs is 1. The van der Waals surface area contributed by atoms with Crippen molar-refractivity contribution in [3.63, 3.8) is 0 Å². The molecule has 1 atom stereocenters. The summed E-state index contributed by atoms with van der Waals surface area (Å²) in [5, 5.41) is 9.43. The fourth-order valence-electron chi connectivity index (χ4n) is 3.32. The van der Waals surface area contributed by atoms with Crippen molar-refractivity contribution >= 4 is 16.9 Å². The van der Waals surface area contributed by atoms with Gasteiger partial charge in [-0.1, -0.05) is 18.2 Å². The van der Waals surface area contributed by atoms with Gasteiger partial charge in [0.25, 0.3) is 5.56 Å². The van der Waals surface area contributed by atoms with Crippen LogP contribution in [0.4, 0.5) is 0 Å². The molecule has 0 amide bonds. The summed E-state index contributed by atoms with van der Waals surface area (Å²) in [5.74, 6) is 0.0929. The van der Waals surface area contributed by atoms with Gasteiger partial charge in [-0.15, -0.1) is 0 Å².